The Hall–Kier alpha value is -4.56. The molecule has 0 atom stereocenters. The molecule has 46 heavy (non-hydrogen) atoms. The Balaban J connectivity index is 1.07. The third-order valence-corrected chi connectivity index (χ3v) is 7.92. The van der Waals surface area contributed by atoms with Gasteiger partial charge in [-0.25, -0.2) is 9.59 Å². The van der Waals surface area contributed by atoms with Gasteiger partial charge in [0.15, 0.2) is 11.5 Å². The molecule has 244 valence electrons. The number of unbranched alkanes of at least 4 members (excludes halogenated alkanes) is 4. The first-order valence-corrected chi connectivity index (χ1v) is 15.9. The van der Waals surface area contributed by atoms with Gasteiger partial charge in [0.25, 0.3) is 0 Å². The number of methoxy groups -OCH3 is 3. The van der Waals surface area contributed by atoms with Crippen molar-refractivity contribution in [1.82, 2.24) is 4.90 Å². The number of nitrogens with zero attached hydrogens (tertiary/aromatic N) is 1. The lowest BCUT2D eigenvalue weighted by Crippen LogP contribution is -2.22. The van der Waals surface area contributed by atoms with E-state index in [2.05, 4.69) is 18.0 Å². The van der Waals surface area contributed by atoms with E-state index in [9.17, 15) is 9.59 Å². The molecule has 0 bridgehead atoms. The van der Waals surface area contributed by atoms with Crippen LogP contribution in [0.4, 0.5) is 0 Å². The summed E-state index contributed by atoms with van der Waals surface area (Å²) in [7, 11) is 6.73. The minimum atomic E-state index is -0.396. The lowest BCUT2D eigenvalue weighted by molar-refractivity contribution is -0.137. The van der Waals surface area contributed by atoms with Crippen LogP contribution < -0.4 is 14.2 Å². The van der Waals surface area contributed by atoms with Gasteiger partial charge >= 0.3 is 11.9 Å². The van der Waals surface area contributed by atoms with Crippen LogP contribution in [0.25, 0.3) is 27.6 Å². The summed E-state index contributed by atoms with van der Waals surface area (Å²) in [5.41, 5.74) is 1.39. The highest BCUT2D eigenvalue weighted by atomic mass is 16.5. The molecule has 0 N–H and O–H groups in total. The van der Waals surface area contributed by atoms with Crippen molar-refractivity contribution in [2.75, 3.05) is 54.7 Å². The zero-order valence-corrected chi connectivity index (χ0v) is 27.4. The molecule has 0 spiro atoms. The van der Waals surface area contributed by atoms with Gasteiger partial charge in [0, 0.05) is 12.6 Å². The van der Waals surface area contributed by atoms with Crippen LogP contribution in [0.2, 0.25) is 0 Å². The number of esters is 2. The van der Waals surface area contributed by atoms with E-state index in [0.29, 0.717) is 36.0 Å². The van der Waals surface area contributed by atoms with Crippen LogP contribution in [-0.2, 0) is 14.3 Å². The molecule has 8 heteroatoms. The number of benzene rings is 4. The third-order valence-electron chi connectivity index (χ3n) is 7.92. The molecule has 0 saturated heterocycles. The summed E-state index contributed by atoms with van der Waals surface area (Å²) in [4.78, 5) is 27.6. The number of ether oxygens (including phenoxy) is 5. The molecule has 4 aromatic rings. The van der Waals surface area contributed by atoms with Gasteiger partial charge in [-0.2, -0.15) is 0 Å². The predicted molar refractivity (Wildman–Crippen MR) is 183 cm³/mol. The van der Waals surface area contributed by atoms with Crippen LogP contribution in [0.15, 0.2) is 72.8 Å². The highest BCUT2D eigenvalue weighted by Crippen LogP contribution is 2.38. The summed E-state index contributed by atoms with van der Waals surface area (Å²) in [6.07, 6.45) is 9.00. The maximum Gasteiger partial charge on any atom is 0.339 e. The molecule has 0 aliphatic rings. The number of hydrogen-bond acceptors (Lipinski definition) is 8. The van der Waals surface area contributed by atoms with E-state index in [1.165, 1.54) is 6.08 Å². The molecule has 0 unspecified atom stereocenters. The topological polar surface area (TPSA) is 83.5 Å². The van der Waals surface area contributed by atoms with Gasteiger partial charge in [-0.05, 0) is 84.2 Å². The maximum absolute atomic E-state index is 13.1. The average Bonchev–Trinajstić information content (AvgIpc) is 3.08. The summed E-state index contributed by atoms with van der Waals surface area (Å²) in [5.74, 6) is 0.885. The standard InChI is InChI=1S/C38H45NO7/c1-39(22-14-24-45-35(40)20-19-28-25-33(42-2)37(44-4)34(26-28)43-3)21-12-6-5-7-13-23-46-38(41)36-31-17-10-8-15-29(31)27-30-16-9-11-18-32(30)36/h8-11,15-20,25-27H,5-7,12-14,21-24H2,1-4H3/b20-19+. The first kappa shape index (κ1) is 34.3. The van der Waals surface area contributed by atoms with Crippen molar-refractivity contribution >= 4 is 39.6 Å². The highest BCUT2D eigenvalue weighted by molar-refractivity contribution is 6.16. The van der Waals surface area contributed by atoms with Crippen molar-refractivity contribution in [1.29, 1.82) is 0 Å². The second-order valence-corrected chi connectivity index (χ2v) is 11.2. The summed E-state index contributed by atoms with van der Waals surface area (Å²) < 4.78 is 27.1. The summed E-state index contributed by atoms with van der Waals surface area (Å²) in [6.45, 7) is 2.61. The van der Waals surface area contributed by atoms with Crippen LogP contribution in [0.1, 0.15) is 54.4 Å². The quantitative estimate of drug-likeness (QED) is 0.0480. The van der Waals surface area contributed by atoms with Crippen LogP contribution >= 0.6 is 0 Å². The molecule has 0 saturated carbocycles. The van der Waals surface area contributed by atoms with E-state index in [4.69, 9.17) is 23.7 Å². The Morgan fingerprint density at radius 1 is 0.674 bits per heavy atom. The largest absolute Gasteiger partial charge is 0.493 e. The van der Waals surface area contributed by atoms with Gasteiger partial charge in [0.05, 0.1) is 40.1 Å². The minimum Gasteiger partial charge on any atom is -0.493 e. The van der Waals surface area contributed by atoms with Gasteiger partial charge in [-0.15, -0.1) is 0 Å². The summed E-state index contributed by atoms with van der Waals surface area (Å²) in [6, 6.07) is 21.6. The Bertz CT molecular complexity index is 1550. The lowest BCUT2D eigenvalue weighted by Gasteiger charge is -2.16. The van der Waals surface area contributed by atoms with Crippen LogP contribution in [-0.4, -0.2) is 71.5 Å². The molecule has 8 nitrogen and oxygen atoms in total. The number of fused-ring (bicyclic) bond motifs is 2. The molecule has 0 aromatic heterocycles. The zero-order chi connectivity index (χ0) is 32.7. The van der Waals surface area contributed by atoms with Crippen molar-refractivity contribution in [2.24, 2.45) is 0 Å². The lowest BCUT2D eigenvalue weighted by atomic mass is 9.97. The van der Waals surface area contributed by atoms with Crippen molar-refractivity contribution in [2.45, 2.75) is 38.5 Å². The fraction of sp³-hybridized carbons (Fsp3) is 0.368. The molecule has 4 rings (SSSR count). The SMILES string of the molecule is COc1cc(/C=C/C(=O)OCCCN(C)CCCCCCCOC(=O)c2c3ccccc3cc3ccccc23)cc(OC)c1OC. The number of rotatable bonds is 18. The summed E-state index contributed by atoms with van der Waals surface area (Å²) >= 11 is 0. The molecule has 4 aromatic carbocycles. The molecule has 0 radical (unpaired) electrons. The average molecular weight is 628 g/mol. The molecular weight excluding hydrogens is 582 g/mol. The number of hydrogen-bond donors (Lipinski definition) is 0. The smallest absolute Gasteiger partial charge is 0.339 e. The third kappa shape index (κ3) is 9.47. The van der Waals surface area contributed by atoms with E-state index >= 15 is 0 Å². The van der Waals surface area contributed by atoms with Crippen molar-refractivity contribution in [3.05, 3.63) is 83.9 Å². The normalized spacial score (nSPS) is 11.3. The Kier molecular flexibility index (Phi) is 13.3. The molecule has 0 aliphatic heterocycles. The minimum absolute atomic E-state index is 0.255. The molecular formula is C38H45NO7. The van der Waals surface area contributed by atoms with E-state index in [0.717, 1.165) is 78.7 Å². The van der Waals surface area contributed by atoms with E-state index < -0.39 is 5.97 Å². The van der Waals surface area contributed by atoms with E-state index in [1.54, 1.807) is 39.5 Å². The predicted octanol–water partition coefficient (Wildman–Crippen LogP) is 7.70. The molecule has 0 fully saturated rings. The van der Waals surface area contributed by atoms with Gasteiger partial charge in [0.1, 0.15) is 0 Å². The monoisotopic (exact) mass is 627 g/mol. The Labute approximate surface area is 271 Å². The van der Waals surface area contributed by atoms with Gasteiger partial charge in [-0.1, -0.05) is 67.8 Å². The maximum atomic E-state index is 13.1. The zero-order valence-electron chi connectivity index (χ0n) is 27.4. The second-order valence-electron chi connectivity index (χ2n) is 11.2. The van der Waals surface area contributed by atoms with Crippen molar-refractivity contribution < 1.29 is 33.3 Å². The fourth-order valence-corrected chi connectivity index (χ4v) is 5.51. The van der Waals surface area contributed by atoms with E-state index in [1.807, 2.05) is 48.5 Å². The number of carbonyl (C=O) groups is 2. The first-order chi connectivity index (χ1) is 22.4. The van der Waals surface area contributed by atoms with Gasteiger partial charge in [-0.3, -0.25) is 0 Å². The van der Waals surface area contributed by atoms with E-state index in [-0.39, 0.29) is 5.97 Å². The van der Waals surface area contributed by atoms with Crippen LogP contribution in [0.3, 0.4) is 0 Å². The Morgan fingerprint density at radius 3 is 1.87 bits per heavy atom. The number of carbonyl (C=O) groups excluding carboxylic acids is 2. The highest BCUT2D eigenvalue weighted by Gasteiger charge is 2.16. The second kappa shape index (κ2) is 17.8. The molecule has 0 heterocycles. The fourth-order valence-electron chi connectivity index (χ4n) is 5.51. The Morgan fingerprint density at radius 2 is 1.24 bits per heavy atom. The van der Waals surface area contributed by atoms with Gasteiger partial charge < -0.3 is 28.6 Å². The van der Waals surface area contributed by atoms with Crippen molar-refractivity contribution in [3.63, 3.8) is 0 Å². The van der Waals surface area contributed by atoms with Gasteiger partial charge in [0.2, 0.25) is 5.75 Å². The first-order valence-electron chi connectivity index (χ1n) is 15.9. The van der Waals surface area contributed by atoms with Crippen LogP contribution in [0, 0.1) is 0 Å². The molecule has 0 amide bonds. The van der Waals surface area contributed by atoms with Crippen molar-refractivity contribution in [3.8, 4) is 17.2 Å². The molecule has 0 aliphatic carbocycles. The summed E-state index contributed by atoms with van der Waals surface area (Å²) in [5, 5.41) is 3.94. The van der Waals surface area contributed by atoms with Crippen LogP contribution in [0.5, 0.6) is 17.2 Å².